The number of aromatic nitrogens is 1. The summed E-state index contributed by atoms with van der Waals surface area (Å²) in [6.07, 6.45) is 5.29. The van der Waals surface area contributed by atoms with E-state index in [0.717, 1.165) is 37.4 Å². The minimum Gasteiger partial charge on any atom is -0.381 e. The molecule has 1 aliphatic carbocycles. The van der Waals surface area contributed by atoms with Crippen molar-refractivity contribution < 1.29 is 0 Å². The lowest BCUT2D eigenvalue weighted by Crippen LogP contribution is -2.23. The molecule has 18 heavy (non-hydrogen) atoms. The first kappa shape index (κ1) is 13.1. The van der Waals surface area contributed by atoms with Crippen LogP contribution in [0.25, 0.3) is 0 Å². The zero-order chi connectivity index (χ0) is 13.0. The molecule has 100 valence electrons. The summed E-state index contributed by atoms with van der Waals surface area (Å²) < 4.78 is 0. The summed E-state index contributed by atoms with van der Waals surface area (Å²) in [7, 11) is 0. The monoisotopic (exact) mass is 248 g/mol. The van der Waals surface area contributed by atoms with Crippen LogP contribution in [-0.2, 0) is 0 Å². The zero-order valence-corrected chi connectivity index (χ0v) is 11.4. The molecule has 1 saturated carbocycles. The van der Waals surface area contributed by atoms with Crippen molar-refractivity contribution in [2.45, 2.75) is 45.2 Å². The molecule has 1 aromatic rings. The highest BCUT2D eigenvalue weighted by Gasteiger charge is 2.21. The van der Waals surface area contributed by atoms with Crippen molar-refractivity contribution >= 4 is 11.5 Å². The number of rotatable bonds is 5. The fraction of sp³-hybridized carbons (Fsp3) is 0.643. The second-order valence-corrected chi connectivity index (χ2v) is 4.99. The van der Waals surface area contributed by atoms with Crippen LogP contribution in [0.1, 0.15) is 33.1 Å². The van der Waals surface area contributed by atoms with Gasteiger partial charge in [-0.2, -0.15) is 0 Å². The number of nitrogens with one attached hydrogen (secondary N) is 1. The molecule has 1 aliphatic rings. The lowest BCUT2D eigenvalue weighted by atomic mass is 10.2. The van der Waals surface area contributed by atoms with E-state index in [9.17, 15) is 0 Å². The highest BCUT2D eigenvalue weighted by atomic mass is 15.2. The van der Waals surface area contributed by atoms with Gasteiger partial charge in [-0.05, 0) is 45.2 Å². The Hall–Kier alpha value is -1.29. The van der Waals surface area contributed by atoms with E-state index < -0.39 is 0 Å². The maximum absolute atomic E-state index is 5.92. The Labute approximate surface area is 110 Å². The van der Waals surface area contributed by atoms with E-state index in [1.165, 1.54) is 6.42 Å². The third-order valence-electron chi connectivity index (χ3n) is 3.68. The van der Waals surface area contributed by atoms with Gasteiger partial charge in [0, 0.05) is 25.2 Å². The molecule has 2 atom stereocenters. The van der Waals surface area contributed by atoms with E-state index >= 15 is 0 Å². The summed E-state index contributed by atoms with van der Waals surface area (Å²) in [5, 5.41) is 3.51. The maximum atomic E-state index is 5.92. The van der Waals surface area contributed by atoms with E-state index in [0.29, 0.717) is 12.1 Å². The van der Waals surface area contributed by atoms with Gasteiger partial charge in [0.25, 0.3) is 0 Å². The van der Waals surface area contributed by atoms with Crippen molar-refractivity contribution in [3.05, 3.63) is 18.3 Å². The first-order valence-electron chi connectivity index (χ1n) is 6.96. The lowest BCUT2D eigenvalue weighted by Gasteiger charge is -2.20. The molecule has 1 fully saturated rings. The van der Waals surface area contributed by atoms with Crippen LogP contribution in [0.2, 0.25) is 0 Å². The molecule has 3 N–H and O–H groups in total. The predicted octanol–water partition coefficient (Wildman–Crippen LogP) is 2.22. The van der Waals surface area contributed by atoms with E-state index in [4.69, 9.17) is 5.73 Å². The van der Waals surface area contributed by atoms with Gasteiger partial charge >= 0.3 is 0 Å². The Balaban J connectivity index is 1.95. The quantitative estimate of drug-likeness (QED) is 0.839. The van der Waals surface area contributed by atoms with Crippen LogP contribution in [0.5, 0.6) is 0 Å². The first-order valence-corrected chi connectivity index (χ1v) is 6.96. The van der Waals surface area contributed by atoms with Gasteiger partial charge in [-0.15, -0.1) is 0 Å². The lowest BCUT2D eigenvalue weighted by molar-refractivity contribution is 0.687. The number of anilines is 2. The molecule has 0 aliphatic heterocycles. The Morgan fingerprint density at radius 1 is 1.33 bits per heavy atom. The van der Waals surface area contributed by atoms with Crippen LogP contribution < -0.4 is 16.0 Å². The summed E-state index contributed by atoms with van der Waals surface area (Å²) in [6, 6.07) is 5.08. The van der Waals surface area contributed by atoms with Crippen molar-refractivity contribution in [1.82, 2.24) is 4.98 Å². The average Bonchev–Trinajstić information content (AvgIpc) is 2.78. The van der Waals surface area contributed by atoms with Crippen molar-refractivity contribution in [3.63, 3.8) is 0 Å². The van der Waals surface area contributed by atoms with Crippen molar-refractivity contribution in [1.29, 1.82) is 0 Å². The normalized spacial score (nSPS) is 23.1. The minimum atomic E-state index is 0.366. The van der Waals surface area contributed by atoms with E-state index in [1.54, 1.807) is 0 Å². The predicted molar refractivity (Wildman–Crippen MR) is 77.0 cm³/mol. The molecule has 4 heteroatoms. The smallest absolute Gasteiger partial charge is 0.128 e. The van der Waals surface area contributed by atoms with Crippen LogP contribution in [-0.4, -0.2) is 30.2 Å². The van der Waals surface area contributed by atoms with Crippen molar-refractivity contribution in [2.24, 2.45) is 5.73 Å². The molecule has 0 radical (unpaired) electrons. The topological polar surface area (TPSA) is 54.2 Å². The van der Waals surface area contributed by atoms with Crippen LogP contribution in [0.4, 0.5) is 11.5 Å². The molecule has 4 nitrogen and oxygen atoms in total. The minimum absolute atomic E-state index is 0.366. The summed E-state index contributed by atoms with van der Waals surface area (Å²) in [5.74, 6) is 1.05. The highest BCUT2D eigenvalue weighted by Crippen LogP contribution is 2.22. The van der Waals surface area contributed by atoms with E-state index in [1.807, 2.05) is 6.20 Å². The van der Waals surface area contributed by atoms with Crippen molar-refractivity contribution in [3.8, 4) is 0 Å². The Morgan fingerprint density at radius 2 is 2.11 bits per heavy atom. The number of hydrogen-bond acceptors (Lipinski definition) is 4. The molecule has 1 heterocycles. The van der Waals surface area contributed by atoms with Crippen LogP contribution in [0.3, 0.4) is 0 Å². The Kier molecular flexibility index (Phi) is 4.42. The number of hydrogen-bond donors (Lipinski definition) is 2. The van der Waals surface area contributed by atoms with Gasteiger partial charge in [-0.25, -0.2) is 4.98 Å². The molecule has 2 rings (SSSR count). The highest BCUT2D eigenvalue weighted by molar-refractivity contribution is 5.49. The van der Waals surface area contributed by atoms with Gasteiger partial charge in [0.05, 0.1) is 11.9 Å². The summed E-state index contributed by atoms with van der Waals surface area (Å²) >= 11 is 0. The molecule has 0 aromatic carbocycles. The van der Waals surface area contributed by atoms with Crippen LogP contribution in [0, 0.1) is 0 Å². The second kappa shape index (κ2) is 6.05. The SMILES string of the molecule is CCN(CC)c1ccc(NC2CCC(N)C2)cn1. The fourth-order valence-corrected chi connectivity index (χ4v) is 2.59. The summed E-state index contributed by atoms with van der Waals surface area (Å²) in [4.78, 5) is 6.76. The first-order chi connectivity index (χ1) is 8.72. The zero-order valence-electron chi connectivity index (χ0n) is 11.4. The molecule has 1 aromatic heterocycles. The molecule has 0 saturated heterocycles. The standard InChI is InChI=1S/C14H24N4/c1-3-18(4-2)14-8-7-13(10-16-14)17-12-6-5-11(15)9-12/h7-8,10-12,17H,3-6,9,15H2,1-2H3. The molecular weight excluding hydrogens is 224 g/mol. The Bertz CT molecular complexity index is 359. The third-order valence-corrected chi connectivity index (χ3v) is 3.68. The van der Waals surface area contributed by atoms with Gasteiger partial charge in [0.2, 0.25) is 0 Å². The summed E-state index contributed by atoms with van der Waals surface area (Å²) in [6.45, 7) is 6.29. The van der Waals surface area contributed by atoms with E-state index in [-0.39, 0.29) is 0 Å². The molecule has 0 spiro atoms. The van der Waals surface area contributed by atoms with Gasteiger partial charge in [-0.1, -0.05) is 0 Å². The van der Waals surface area contributed by atoms with Crippen LogP contribution >= 0.6 is 0 Å². The molecule has 0 bridgehead atoms. The third kappa shape index (κ3) is 3.13. The number of nitrogens with zero attached hydrogens (tertiary/aromatic N) is 2. The van der Waals surface area contributed by atoms with Crippen molar-refractivity contribution in [2.75, 3.05) is 23.3 Å². The molecule has 0 amide bonds. The number of nitrogens with two attached hydrogens (primary N) is 1. The average molecular weight is 248 g/mol. The fourth-order valence-electron chi connectivity index (χ4n) is 2.59. The van der Waals surface area contributed by atoms with Gasteiger partial charge in [-0.3, -0.25) is 0 Å². The van der Waals surface area contributed by atoms with Crippen LogP contribution in [0.15, 0.2) is 18.3 Å². The van der Waals surface area contributed by atoms with Gasteiger partial charge < -0.3 is 16.0 Å². The van der Waals surface area contributed by atoms with E-state index in [2.05, 4.69) is 41.2 Å². The van der Waals surface area contributed by atoms with Gasteiger partial charge in [0.1, 0.15) is 5.82 Å². The maximum Gasteiger partial charge on any atom is 0.128 e. The van der Waals surface area contributed by atoms with Gasteiger partial charge in [0.15, 0.2) is 0 Å². The molecule has 2 unspecified atom stereocenters. The Morgan fingerprint density at radius 3 is 2.61 bits per heavy atom. The largest absolute Gasteiger partial charge is 0.381 e. The second-order valence-electron chi connectivity index (χ2n) is 4.99. The summed E-state index contributed by atoms with van der Waals surface area (Å²) in [5.41, 5.74) is 7.02. The molecular formula is C14H24N4. The number of pyridine rings is 1.